The highest BCUT2D eigenvalue weighted by Crippen LogP contribution is 2.31. The summed E-state index contributed by atoms with van der Waals surface area (Å²) in [7, 11) is 1.96. The molecule has 0 unspecified atom stereocenters. The molecule has 8 nitrogen and oxygen atoms in total. The van der Waals surface area contributed by atoms with E-state index in [1.54, 1.807) is 0 Å². The van der Waals surface area contributed by atoms with Crippen molar-refractivity contribution >= 4 is 5.69 Å². The largest absolute Gasteiger partial charge is 0.368 e. The minimum absolute atomic E-state index is 0.624. The normalized spacial score (nSPS) is 15.5. The van der Waals surface area contributed by atoms with Crippen LogP contribution >= 0.6 is 0 Å². The van der Waals surface area contributed by atoms with Gasteiger partial charge in [0, 0.05) is 57.2 Å². The zero-order chi connectivity index (χ0) is 19.5. The van der Waals surface area contributed by atoms with Crippen molar-refractivity contribution < 1.29 is 0 Å². The first-order valence-electron chi connectivity index (χ1n) is 9.91. The number of rotatable bonds is 6. The Balaban J connectivity index is 1.51. The maximum Gasteiger partial charge on any atom is 0.206 e. The highest BCUT2D eigenvalue weighted by atomic mass is 15.5. The van der Waals surface area contributed by atoms with E-state index in [0.29, 0.717) is 11.7 Å². The summed E-state index contributed by atoms with van der Waals surface area (Å²) in [5.74, 6) is 1.28. The average molecular weight is 381 g/mol. The Morgan fingerprint density at radius 1 is 1.11 bits per heavy atom. The monoisotopic (exact) mass is 380 g/mol. The van der Waals surface area contributed by atoms with E-state index < -0.39 is 0 Å². The molecule has 1 aliphatic heterocycles. The first-order valence-corrected chi connectivity index (χ1v) is 9.91. The molecule has 148 valence electrons. The summed E-state index contributed by atoms with van der Waals surface area (Å²) in [6, 6.07) is 8.72. The third kappa shape index (κ3) is 4.22. The van der Waals surface area contributed by atoms with Crippen molar-refractivity contribution in [1.29, 1.82) is 0 Å². The number of tetrazole rings is 1. The Kier molecular flexibility index (Phi) is 5.38. The van der Waals surface area contributed by atoms with Crippen LogP contribution in [0.15, 0.2) is 30.5 Å². The number of nitrogens with zero attached hydrogens (tertiary/aromatic N) is 7. The zero-order valence-electron chi connectivity index (χ0n) is 16.8. The standard InChI is InChI=1S/C20H28N8/c1-15(2)12-16-4-5-18(20-21-24-25-22-20)19(13-16)28-10-8-27(9-11-28)14-17-6-7-26(3)23-17/h4-7,13,15H,8-12,14H2,1-3H3,(H,21,22,24,25). The smallest absolute Gasteiger partial charge is 0.206 e. The molecule has 0 spiro atoms. The lowest BCUT2D eigenvalue weighted by molar-refractivity contribution is 0.246. The summed E-state index contributed by atoms with van der Waals surface area (Å²) < 4.78 is 1.86. The topological polar surface area (TPSA) is 78.8 Å². The van der Waals surface area contributed by atoms with Gasteiger partial charge in [-0.25, -0.2) is 0 Å². The van der Waals surface area contributed by atoms with Crippen LogP contribution in [0.2, 0.25) is 0 Å². The Labute approximate surface area is 165 Å². The zero-order valence-corrected chi connectivity index (χ0v) is 16.8. The van der Waals surface area contributed by atoms with Gasteiger partial charge in [-0.2, -0.15) is 10.3 Å². The molecule has 0 saturated carbocycles. The molecule has 1 saturated heterocycles. The number of aromatic nitrogens is 6. The predicted octanol–water partition coefficient (Wildman–Crippen LogP) is 2.12. The van der Waals surface area contributed by atoms with E-state index in [0.717, 1.165) is 50.4 Å². The molecule has 28 heavy (non-hydrogen) atoms. The van der Waals surface area contributed by atoms with Crippen LogP contribution in [-0.2, 0) is 20.0 Å². The van der Waals surface area contributed by atoms with Gasteiger partial charge in [0.1, 0.15) is 0 Å². The van der Waals surface area contributed by atoms with Crippen LogP contribution < -0.4 is 4.90 Å². The van der Waals surface area contributed by atoms with E-state index in [4.69, 9.17) is 0 Å². The molecular formula is C20H28N8. The summed E-state index contributed by atoms with van der Waals surface area (Å²) in [5.41, 5.74) is 4.73. The number of nitrogens with one attached hydrogen (secondary N) is 1. The van der Waals surface area contributed by atoms with Crippen LogP contribution in [0.5, 0.6) is 0 Å². The van der Waals surface area contributed by atoms with Crippen LogP contribution in [-0.4, -0.2) is 61.5 Å². The lowest BCUT2D eigenvalue weighted by Gasteiger charge is -2.36. The summed E-state index contributed by atoms with van der Waals surface area (Å²) >= 11 is 0. The number of hydrogen-bond acceptors (Lipinski definition) is 6. The molecule has 1 aromatic carbocycles. The van der Waals surface area contributed by atoms with Crippen molar-refractivity contribution in [2.45, 2.75) is 26.8 Å². The highest BCUT2D eigenvalue weighted by molar-refractivity contribution is 5.75. The predicted molar refractivity (Wildman–Crippen MR) is 109 cm³/mol. The summed E-state index contributed by atoms with van der Waals surface area (Å²) in [6.45, 7) is 9.38. The van der Waals surface area contributed by atoms with Gasteiger partial charge in [-0.15, -0.1) is 10.2 Å². The lowest BCUT2D eigenvalue weighted by Crippen LogP contribution is -2.46. The van der Waals surface area contributed by atoms with E-state index in [1.807, 2.05) is 17.9 Å². The van der Waals surface area contributed by atoms with Crippen LogP contribution in [0.25, 0.3) is 11.4 Å². The van der Waals surface area contributed by atoms with Crippen LogP contribution in [0.3, 0.4) is 0 Å². The van der Waals surface area contributed by atoms with E-state index in [-0.39, 0.29) is 0 Å². The molecule has 1 N–H and O–H groups in total. The maximum atomic E-state index is 4.50. The van der Waals surface area contributed by atoms with E-state index in [9.17, 15) is 0 Å². The number of aromatic amines is 1. The summed E-state index contributed by atoms with van der Waals surface area (Å²) in [6.07, 6.45) is 3.07. The number of benzene rings is 1. The third-order valence-electron chi connectivity index (χ3n) is 5.16. The molecular weight excluding hydrogens is 352 g/mol. The van der Waals surface area contributed by atoms with Gasteiger partial charge in [-0.1, -0.05) is 19.9 Å². The first-order chi connectivity index (χ1) is 13.6. The van der Waals surface area contributed by atoms with Gasteiger partial charge in [0.05, 0.1) is 5.69 Å². The minimum Gasteiger partial charge on any atom is -0.368 e. The first kappa shape index (κ1) is 18.6. The van der Waals surface area contributed by atoms with Crippen molar-refractivity contribution in [2.24, 2.45) is 13.0 Å². The molecule has 1 aliphatic rings. The van der Waals surface area contributed by atoms with Crippen molar-refractivity contribution in [3.8, 4) is 11.4 Å². The van der Waals surface area contributed by atoms with Gasteiger partial charge in [-0.3, -0.25) is 9.58 Å². The SMILES string of the molecule is CC(C)Cc1ccc(-c2nn[nH]n2)c(N2CCN(Cc3ccn(C)n3)CC2)c1. The van der Waals surface area contributed by atoms with Crippen molar-refractivity contribution in [3.63, 3.8) is 0 Å². The lowest BCUT2D eigenvalue weighted by atomic mass is 9.99. The van der Waals surface area contributed by atoms with Gasteiger partial charge in [0.25, 0.3) is 0 Å². The number of hydrogen-bond donors (Lipinski definition) is 1. The number of anilines is 1. The molecule has 0 amide bonds. The van der Waals surface area contributed by atoms with E-state index >= 15 is 0 Å². The van der Waals surface area contributed by atoms with Gasteiger partial charge >= 0.3 is 0 Å². The second-order valence-corrected chi connectivity index (χ2v) is 7.93. The minimum atomic E-state index is 0.624. The van der Waals surface area contributed by atoms with Gasteiger partial charge < -0.3 is 4.90 Å². The van der Waals surface area contributed by atoms with Gasteiger partial charge in [-0.05, 0) is 41.3 Å². The van der Waals surface area contributed by atoms with Gasteiger partial charge in [0.15, 0.2) is 0 Å². The third-order valence-corrected chi connectivity index (χ3v) is 5.16. The average Bonchev–Trinajstić information content (AvgIpc) is 3.34. The fourth-order valence-corrected chi connectivity index (χ4v) is 3.83. The van der Waals surface area contributed by atoms with Crippen LogP contribution in [0.4, 0.5) is 5.69 Å². The van der Waals surface area contributed by atoms with Crippen LogP contribution in [0.1, 0.15) is 25.1 Å². The van der Waals surface area contributed by atoms with Crippen molar-refractivity contribution in [1.82, 2.24) is 35.3 Å². The molecule has 4 rings (SSSR count). The molecule has 0 radical (unpaired) electrons. The Morgan fingerprint density at radius 3 is 2.57 bits per heavy atom. The van der Waals surface area contributed by atoms with Crippen LogP contribution in [0, 0.1) is 5.92 Å². The van der Waals surface area contributed by atoms with Gasteiger partial charge in [0.2, 0.25) is 5.82 Å². The summed E-state index contributed by atoms with van der Waals surface area (Å²) in [5, 5.41) is 19.2. The molecule has 2 aromatic heterocycles. The Hall–Kier alpha value is -2.74. The molecule has 0 atom stereocenters. The highest BCUT2D eigenvalue weighted by Gasteiger charge is 2.22. The molecule has 0 aliphatic carbocycles. The van der Waals surface area contributed by atoms with E-state index in [1.165, 1.54) is 11.3 Å². The fraction of sp³-hybridized carbons (Fsp3) is 0.500. The quantitative estimate of drug-likeness (QED) is 0.706. The number of aryl methyl sites for hydroxylation is 1. The second kappa shape index (κ2) is 8.10. The molecule has 8 heteroatoms. The summed E-state index contributed by atoms with van der Waals surface area (Å²) in [4.78, 5) is 4.91. The number of piperazine rings is 1. The van der Waals surface area contributed by atoms with Crippen molar-refractivity contribution in [2.75, 3.05) is 31.1 Å². The molecule has 1 fully saturated rings. The Morgan fingerprint density at radius 2 is 1.93 bits per heavy atom. The fourth-order valence-electron chi connectivity index (χ4n) is 3.83. The molecule has 3 heterocycles. The number of H-pyrrole nitrogens is 1. The molecule has 3 aromatic rings. The second-order valence-electron chi connectivity index (χ2n) is 7.93. The Bertz CT molecular complexity index is 891. The van der Waals surface area contributed by atoms with Crippen molar-refractivity contribution in [3.05, 3.63) is 41.7 Å². The van der Waals surface area contributed by atoms with E-state index in [2.05, 4.69) is 73.6 Å². The molecule has 0 bridgehead atoms. The maximum absolute atomic E-state index is 4.50.